The van der Waals surface area contributed by atoms with Crippen LogP contribution in [0.25, 0.3) is 0 Å². The summed E-state index contributed by atoms with van der Waals surface area (Å²) >= 11 is 1.38. The van der Waals surface area contributed by atoms with Crippen molar-refractivity contribution in [1.29, 1.82) is 0 Å². The summed E-state index contributed by atoms with van der Waals surface area (Å²) in [5, 5.41) is 12.1. The summed E-state index contributed by atoms with van der Waals surface area (Å²) in [4.78, 5) is 11.3. The Morgan fingerprint density at radius 1 is 1.37 bits per heavy atom. The molecule has 2 rings (SSSR count). The number of benzene rings is 1. The van der Waals surface area contributed by atoms with Gasteiger partial charge < -0.3 is 10.1 Å². The second-order valence-corrected chi connectivity index (χ2v) is 4.95. The Hall–Kier alpha value is -1.95. The summed E-state index contributed by atoms with van der Waals surface area (Å²) in [6.45, 7) is 1.80. The Morgan fingerprint density at radius 2 is 2.16 bits per heavy atom. The van der Waals surface area contributed by atoms with E-state index in [1.807, 2.05) is 24.3 Å². The lowest BCUT2D eigenvalue weighted by atomic mass is 10.1. The topological polar surface area (TPSA) is 64.1 Å². The van der Waals surface area contributed by atoms with Gasteiger partial charge in [0.15, 0.2) is 0 Å². The number of amides is 1. The van der Waals surface area contributed by atoms with Crippen molar-refractivity contribution < 1.29 is 9.53 Å². The molecule has 0 aliphatic rings. The highest BCUT2D eigenvalue weighted by molar-refractivity contribution is 7.15. The molecule has 6 heteroatoms. The Morgan fingerprint density at radius 3 is 2.89 bits per heavy atom. The smallest absolute Gasteiger partial charge is 0.225 e. The van der Waals surface area contributed by atoms with Crippen LogP contribution in [0, 0.1) is 0 Å². The lowest BCUT2D eigenvalue weighted by molar-refractivity contribution is -0.115. The number of nitrogens with zero attached hydrogens (tertiary/aromatic N) is 2. The number of hydrogen-bond donors (Lipinski definition) is 1. The number of carbonyl (C=O) groups excluding carboxylic acids is 1. The Balaban J connectivity index is 2.09. The molecule has 0 spiro atoms. The van der Waals surface area contributed by atoms with Gasteiger partial charge in [-0.15, -0.1) is 10.2 Å². The molecule has 0 unspecified atom stereocenters. The van der Waals surface area contributed by atoms with Crippen molar-refractivity contribution in [3.63, 3.8) is 0 Å². The first-order chi connectivity index (χ1) is 9.22. The summed E-state index contributed by atoms with van der Waals surface area (Å²) in [5.74, 6) is 0.775. The second-order valence-electron chi connectivity index (χ2n) is 3.89. The van der Waals surface area contributed by atoms with Crippen molar-refractivity contribution in [2.24, 2.45) is 0 Å². The fourth-order valence-electron chi connectivity index (χ4n) is 1.60. The molecule has 1 aromatic heterocycles. The molecule has 0 atom stereocenters. The number of para-hydroxylation sites is 1. The molecule has 0 bridgehead atoms. The van der Waals surface area contributed by atoms with Gasteiger partial charge in [-0.2, -0.15) is 0 Å². The molecule has 0 aliphatic heterocycles. The van der Waals surface area contributed by atoms with Gasteiger partial charge in [-0.1, -0.05) is 36.5 Å². The SMILES string of the molecule is CCC(=O)Nc1nnc(Cc2ccccc2OC)s1. The van der Waals surface area contributed by atoms with E-state index in [0.29, 0.717) is 18.0 Å². The number of ether oxygens (including phenoxy) is 1. The monoisotopic (exact) mass is 277 g/mol. The van der Waals surface area contributed by atoms with E-state index in [0.717, 1.165) is 16.3 Å². The van der Waals surface area contributed by atoms with E-state index in [-0.39, 0.29) is 5.91 Å². The fourth-order valence-corrected chi connectivity index (χ4v) is 2.37. The van der Waals surface area contributed by atoms with E-state index in [9.17, 15) is 4.79 Å². The van der Waals surface area contributed by atoms with Crippen LogP contribution < -0.4 is 10.1 Å². The molecule has 0 aliphatic carbocycles. The molecule has 100 valence electrons. The van der Waals surface area contributed by atoms with Crippen molar-refractivity contribution in [2.45, 2.75) is 19.8 Å². The zero-order chi connectivity index (χ0) is 13.7. The van der Waals surface area contributed by atoms with Gasteiger partial charge in [-0.25, -0.2) is 0 Å². The molecule has 1 aromatic carbocycles. The van der Waals surface area contributed by atoms with Crippen LogP contribution in [-0.4, -0.2) is 23.2 Å². The van der Waals surface area contributed by atoms with Crippen LogP contribution in [0.4, 0.5) is 5.13 Å². The first kappa shape index (κ1) is 13.5. The number of nitrogens with one attached hydrogen (secondary N) is 1. The molecular weight excluding hydrogens is 262 g/mol. The molecule has 1 N–H and O–H groups in total. The summed E-state index contributed by atoms with van der Waals surface area (Å²) in [5.41, 5.74) is 1.05. The lowest BCUT2D eigenvalue weighted by Crippen LogP contribution is -2.08. The lowest BCUT2D eigenvalue weighted by Gasteiger charge is -2.05. The first-order valence-corrected chi connectivity index (χ1v) is 6.78. The summed E-state index contributed by atoms with van der Waals surface area (Å²) in [6.07, 6.45) is 1.07. The van der Waals surface area contributed by atoms with Crippen molar-refractivity contribution in [3.8, 4) is 5.75 Å². The third kappa shape index (κ3) is 3.51. The van der Waals surface area contributed by atoms with E-state index < -0.39 is 0 Å². The van der Waals surface area contributed by atoms with Crippen molar-refractivity contribution in [3.05, 3.63) is 34.8 Å². The quantitative estimate of drug-likeness (QED) is 0.912. The number of rotatable bonds is 5. The van der Waals surface area contributed by atoms with Crippen molar-refractivity contribution in [1.82, 2.24) is 10.2 Å². The molecule has 5 nitrogen and oxygen atoms in total. The molecule has 0 saturated carbocycles. The Labute approximate surface area is 115 Å². The van der Waals surface area contributed by atoms with Gasteiger partial charge in [-0.05, 0) is 6.07 Å². The van der Waals surface area contributed by atoms with Crippen LogP contribution in [0.2, 0.25) is 0 Å². The predicted molar refractivity (Wildman–Crippen MR) is 74.6 cm³/mol. The van der Waals surface area contributed by atoms with Crippen LogP contribution in [0.1, 0.15) is 23.9 Å². The average molecular weight is 277 g/mol. The standard InChI is InChI=1S/C13H15N3O2S/c1-3-11(17)14-13-16-15-12(19-13)8-9-6-4-5-7-10(9)18-2/h4-7H,3,8H2,1-2H3,(H,14,16,17). The number of methoxy groups -OCH3 is 1. The number of carbonyl (C=O) groups is 1. The van der Waals surface area contributed by atoms with E-state index in [1.165, 1.54) is 11.3 Å². The normalized spacial score (nSPS) is 10.2. The third-order valence-corrected chi connectivity index (χ3v) is 3.41. The zero-order valence-electron chi connectivity index (χ0n) is 10.8. The van der Waals surface area contributed by atoms with Crippen LogP contribution in [0.3, 0.4) is 0 Å². The molecule has 1 amide bonds. The minimum atomic E-state index is -0.0556. The van der Waals surface area contributed by atoms with Gasteiger partial charge in [0, 0.05) is 18.4 Å². The number of aromatic nitrogens is 2. The molecule has 0 fully saturated rings. The maximum Gasteiger partial charge on any atom is 0.225 e. The maximum absolute atomic E-state index is 11.3. The van der Waals surface area contributed by atoms with Crippen LogP contribution >= 0.6 is 11.3 Å². The van der Waals surface area contributed by atoms with Crippen molar-refractivity contribution in [2.75, 3.05) is 12.4 Å². The fraction of sp³-hybridized carbons (Fsp3) is 0.308. The van der Waals surface area contributed by atoms with Crippen LogP contribution in [0.15, 0.2) is 24.3 Å². The largest absolute Gasteiger partial charge is 0.496 e. The maximum atomic E-state index is 11.3. The molecule has 2 aromatic rings. The van der Waals surface area contributed by atoms with Crippen molar-refractivity contribution >= 4 is 22.4 Å². The highest BCUT2D eigenvalue weighted by Crippen LogP contribution is 2.24. The first-order valence-electron chi connectivity index (χ1n) is 5.97. The summed E-state index contributed by atoms with van der Waals surface area (Å²) < 4.78 is 5.29. The number of hydrogen-bond acceptors (Lipinski definition) is 5. The highest BCUT2D eigenvalue weighted by atomic mass is 32.1. The Bertz CT molecular complexity index is 569. The molecule has 19 heavy (non-hydrogen) atoms. The molecule has 0 saturated heterocycles. The third-order valence-electron chi connectivity index (χ3n) is 2.57. The second kappa shape index (κ2) is 6.29. The molecule has 1 heterocycles. The minimum Gasteiger partial charge on any atom is -0.496 e. The van der Waals surface area contributed by atoms with Gasteiger partial charge in [0.05, 0.1) is 7.11 Å². The van der Waals surface area contributed by atoms with Gasteiger partial charge in [0.2, 0.25) is 11.0 Å². The zero-order valence-corrected chi connectivity index (χ0v) is 11.7. The number of anilines is 1. The van der Waals surface area contributed by atoms with E-state index >= 15 is 0 Å². The predicted octanol–water partition coefficient (Wildman–Crippen LogP) is 2.49. The Kier molecular flexibility index (Phi) is 4.46. The van der Waals surface area contributed by atoms with Gasteiger partial charge in [0.25, 0.3) is 0 Å². The van der Waals surface area contributed by atoms with Gasteiger partial charge in [-0.3, -0.25) is 4.79 Å². The van der Waals surface area contributed by atoms with Gasteiger partial charge >= 0.3 is 0 Å². The minimum absolute atomic E-state index is 0.0556. The van der Waals surface area contributed by atoms with E-state index in [2.05, 4.69) is 15.5 Å². The van der Waals surface area contributed by atoms with Crippen LogP contribution in [-0.2, 0) is 11.2 Å². The summed E-state index contributed by atoms with van der Waals surface area (Å²) in [7, 11) is 1.64. The average Bonchev–Trinajstić information content (AvgIpc) is 2.86. The highest BCUT2D eigenvalue weighted by Gasteiger charge is 2.09. The molecular formula is C13H15N3O2S. The van der Waals surface area contributed by atoms with E-state index in [1.54, 1.807) is 14.0 Å². The summed E-state index contributed by atoms with van der Waals surface area (Å²) in [6, 6.07) is 7.79. The van der Waals surface area contributed by atoms with Gasteiger partial charge in [0.1, 0.15) is 10.8 Å². The molecule has 0 radical (unpaired) electrons. The van der Waals surface area contributed by atoms with E-state index in [4.69, 9.17) is 4.74 Å². The van der Waals surface area contributed by atoms with Crippen LogP contribution in [0.5, 0.6) is 5.75 Å².